The van der Waals surface area contributed by atoms with E-state index in [-0.39, 0.29) is 11.9 Å². The van der Waals surface area contributed by atoms with E-state index in [1.54, 1.807) is 24.5 Å². The Kier molecular flexibility index (Phi) is 8.81. The molecule has 2 aromatic carbocycles. The van der Waals surface area contributed by atoms with Crippen molar-refractivity contribution in [3.05, 3.63) is 120 Å². The summed E-state index contributed by atoms with van der Waals surface area (Å²) in [6.07, 6.45) is 15.3. The van der Waals surface area contributed by atoms with Crippen molar-refractivity contribution in [2.75, 3.05) is 13.1 Å². The van der Waals surface area contributed by atoms with Crippen molar-refractivity contribution in [1.29, 1.82) is 0 Å². The molecule has 1 N–H and O–H groups in total. The zero-order valence-corrected chi connectivity index (χ0v) is 19.6. The van der Waals surface area contributed by atoms with E-state index < -0.39 is 0 Å². The first-order valence-electron chi connectivity index (χ1n) is 12.2. The number of hydrogen-bond donors (Lipinski definition) is 1. The summed E-state index contributed by atoms with van der Waals surface area (Å²) in [6.45, 7) is 1.75. The Labute approximate surface area is 203 Å². The largest absolute Gasteiger partial charge is 0.352 e. The Balaban J connectivity index is 1.36. The number of pyridine rings is 1. The molecular weight excluding hydrogens is 418 g/mol. The van der Waals surface area contributed by atoms with Crippen molar-refractivity contribution in [3.63, 3.8) is 0 Å². The van der Waals surface area contributed by atoms with Crippen LogP contribution in [-0.4, -0.2) is 34.9 Å². The molecule has 0 saturated carbocycles. The minimum absolute atomic E-state index is 0.0548. The van der Waals surface area contributed by atoms with Gasteiger partial charge in [-0.1, -0.05) is 91.4 Å². The fourth-order valence-electron chi connectivity index (χ4n) is 4.72. The highest BCUT2D eigenvalue weighted by atomic mass is 16.1. The number of benzene rings is 2. The monoisotopic (exact) mass is 451 g/mol. The second kappa shape index (κ2) is 12.7. The van der Waals surface area contributed by atoms with Crippen LogP contribution in [0.25, 0.3) is 6.08 Å². The van der Waals surface area contributed by atoms with Crippen molar-refractivity contribution < 1.29 is 4.79 Å². The van der Waals surface area contributed by atoms with Crippen molar-refractivity contribution in [2.24, 2.45) is 0 Å². The molecule has 0 radical (unpaired) electrons. The van der Waals surface area contributed by atoms with Crippen LogP contribution in [0.3, 0.4) is 0 Å². The zero-order valence-electron chi connectivity index (χ0n) is 19.6. The van der Waals surface area contributed by atoms with E-state index in [1.807, 2.05) is 24.3 Å². The number of hydrogen-bond acceptors (Lipinski definition) is 3. The maximum Gasteiger partial charge on any atom is 0.243 e. The quantitative estimate of drug-likeness (QED) is 0.330. The number of amides is 1. The van der Waals surface area contributed by atoms with Gasteiger partial charge in [0.1, 0.15) is 0 Å². The van der Waals surface area contributed by atoms with Gasteiger partial charge in [0, 0.05) is 31.1 Å². The van der Waals surface area contributed by atoms with Gasteiger partial charge in [0.25, 0.3) is 0 Å². The molecule has 1 amide bonds. The summed E-state index contributed by atoms with van der Waals surface area (Å²) in [5.74, 6) is -0.0548. The van der Waals surface area contributed by atoms with Crippen molar-refractivity contribution in [3.8, 4) is 0 Å². The standard InChI is InChI=1S/C30H33N3O/c34-29(19-8-7-12-25-13-11-21-31-24-25)32-22-20-28-18-9-10-23-33(28)30(26-14-3-1-4-15-26)27-16-5-2-6-17-27/h1-8,11-17,19,21,24,28,30H,9-10,18,20,22-23H2,(H,32,34). The number of rotatable bonds is 9. The molecule has 1 aromatic heterocycles. The number of nitrogens with one attached hydrogen (secondary N) is 1. The van der Waals surface area contributed by atoms with Crippen LogP contribution >= 0.6 is 0 Å². The first-order valence-corrected chi connectivity index (χ1v) is 12.2. The lowest BCUT2D eigenvalue weighted by molar-refractivity contribution is -0.116. The predicted octanol–water partition coefficient (Wildman–Crippen LogP) is 5.80. The first-order chi connectivity index (χ1) is 16.8. The Morgan fingerprint density at radius 2 is 1.71 bits per heavy atom. The Morgan fingerprint density at radius 3 is 2.38 bits per heavy atom. The fourth-order valence-corrected chi connectivity index (χ4v) is 4.72. The number of aromatic nitrogens is 1. The van der Waals surface area contributed by atoms with Gasteiger partial charge in [-0.15, -0.1) is 0 Å². The third-order valence-electron chi connectivity index (χ3n) is 6.34. The summed E-state index contributed by atoms with van der Waals surface area (Å²) in [6, 6.07) is 26.1. The first kappa shape index (κ1) is 23.7. The van der Waals surface area contributed by atoms with E-state index in [0.717, 1.165) is 24.9 Å². The van der Waals surface area contributed by atoms with Gasteiger partial charge >= 0.3 is 0 Å². The van der Waals surface area contributed by atoms with Gasteiger partial charge in [0.15, 0.2) is 0 Å². The van der Waals surface area contributed by atoms with Crippen molar-refractivity contribution in [1.82, 2.24) is 15.2 Å². The average Bonchev–Trinajstić information content (AvgIpc) is 2.90. The second-order valence-electron chi connectivity index (χ2n) is 8.70. The maximum absolute atomic E-state index is 12.3. The molecule has 1 aliphatic rings. The molecule has 0 aliphatic carbocycles. The maximum atomic E-state index is 12.3. The Bertz CT molecular complexity index is 1020. The van der Waals surface area contributed by atoms with Crippen LogP contribution in [0.4, 0.5) is 0 Å². The Morgan fingerprint density at radius 1 is 0.971 bits per heavy atom. The van der Waals surface area contributed by atoms with E-state index in [0.29, 0.717) is 12.6 Å². The highest BCUT2D eigenvalue weighted by molar-refractivity contribution is 5.87. The molecule has 4 heteroatoms. The lowest BCUT2D eigenvalue weighted by Gasteiger charge is -2.42. The SMILES string of the molecule is O=C(C=CC=Cc1cccnc1)NCCC1CCCCN1C(c1ccccc1)c1ccccc1. The van der Waals surface area contributed by atoms with E-state index in [1.165, 1.54) is 24.0 Å². The van der Waals surface area contributed by atoms with Gasteiger partial charge in [-0.3, -0.25) is 14.7 Å². The number of allylic oxidation sites excluding steroid dienone is 2. The molecule has 2 heterocycles. The minimum atomic E-state index is -0.0548. The summed E-state index contributed by atoms with van der Waals surface area (Å²) in [5.41, 5.74) is 3.66. The molecule has 3 aromatic rings. The molecule has 1 unspecified atom stereocenters. The minimum Gasteiger partial charge on any atom is -0.352 e. The van der Waals surface area contributed by atoms with Gasteiger partial charge in [-0.25, -0.2) is 0 Å². The average molecular weight is 452 g/mol. The summed E-state index contributed by atoms with van der Waals surface area (Å²) < 4.78 is 0. The summed E-state index contributed by atoms with van der Waals surface area (Å²) >= 11 is 0. The van der Waals surface area contributed by atoms with Crippen LogP contribution in [0, 0.1) is 0 Å². The zero-order chi connectivity index (χ0) is 23.4. The normalized spacial score (nSPS) is 16.9. The molecular formula is C30H33N3O. The second-order valence-corrected chi connectivity index (χ2v) is 8.70. The molecule has 1 aliphatic heterocycles. The Hall–Kier alpha value is -3.50. The fraction of sp³-hybridized carbons (Fsp3) is 0.267. The van der Waals surface area contributed by atoms with Crippen LogP contribution in [0.2, 0.25) is 0 Å². The third-order valence-corrected chi connectivity index (χ3v) is 6.34. The van der Waals surface area contributed by atoms with Gasteiger partial charge < -0.3 is 5.32 Å². The van der Waals surface area contributed by atoms with Gasteiger partial charge in [0.05, 0.1) is 6.04 Å². The smallest absolute Gasteiger partial charge is 0.243 e. The van der Waals surface area contributed by atoms with E-state index in [2.05, 4.69) is 75.9 Å². The lowest BCUT2D eigenvalue weighted by atomic mass is 9.90. The van der Waals surface area contributed by atoms with Crippen LogP contribution in [0.5, 0.6) is 0 Å². The predicted molar refractivity (Wildman–Crippen MR) is 139 cm³/mol. The number of nitrogens with zero attached hydrogens (tertiary/aromatic N) is 2. The van der Waals surface area contributed by atoms with Crippen LogP contribution in [0.15, 0.2) is 103 Å². The van der Waals surface area contributed by atoms with Gasteiger partial charge in [-0.2, -0.15) is 0 Å². The molecule has 1 fully saturated rings. The van der Waals surface area contributed by atoms with Crippen LogP contribution in [0.1, 0.15) is 48.4 Å². The number of carbonyl (C=O) groups is 1. The molecule has 4 rings (SSSR count). The van der Waals surface area contributed by atoms with Gasteiger partial charge in [-0.05, 0) is 48.6 Å². The highest BCUT2D eigenvalue weighted by Gasteiger charge is 2.30. The van der Waals surface area contributed by atoms with Gasteiger partial charge in [0.2, 0.25) is 5.91 Å². The van der Waals surface area contributed by atoms with E-state index >= 15 is 0 Å². The molecule has 1 saturated heterocycles. The lowest BCUT2D eigenvalue weighted by Crippen LogP contribution is -2.44. The molecule has 0 spiro atoms. The van der Waals surface area contributed by atoms with Crippen molar-refractivity contribution >= 4 is 12.0 Å². The number of piperidine rings is 1. The third kappa shape index (κ3) is 6.75. The molecule has 0 bridgehead atoms. The van der Waals surface area contributed by atoms with Crippen molar-refractivity contribution in [2.45, 2.75) is 37.8 Å². The van der Waals surface area contributed by atoms with Crippen LogP contribution in [-0.2, 0) is 4.79 Å². The summed E-state index contributed by atoms with van der Waals surface area (Å²) in [5, 5.41) is 3.07. The van der Waals surface area contributed by atoms with Crippen LogP contribution < -0.4 is 5.32 Å². The van der Waals surface area contributed by atoms with E-state index in [4.69, 9.17) is 0 Å². The topological polar surface area (TPSA) is 45.2 Å². The number of likely N-dealkylation sites (tertiary alicyclic amines) is 1. The molecule has 1 atom stereocenters. The molecule has 174 valence electrons. The summed E-state index contributed by atoms with van der Waals surface area (Å²) in [7, 11) is 0. The molecule has 4 nitrogen and oxygen atoms in total. The molecule has 34 heavy (non-hydrogen) atoms. The number of carbonyl (C=O) groups excluding carboxylic acids is 1. The highest BCUT2D eigenvalue weighted by Crippen LogP contribution is 2.34. The van der Waals surface area contributed by atoms with E-state index in [9.17, 15) is 4.79 Å². The summed E-state index contributed by atoms with van der Waals surface area (Å²) in [4.78, 5) is 19.0.